The van der Waals surface area contributed by atoms with Crippen molar-refractivity contribution in [2.45, 2.75) is 12.5 Å². The molecule has 2 aliphatic rings. The minimum absolute atomic E-state index is 0.0978. The Kier molecular flexibility index (Phi) is 6.59. The highest BCUT2D eigenvalue weighted by Crippen LogP contribution is 2.23. The van der Waals surface area contributed by atoms with E-state index in [1.165, 1.54) is 24.3 Å². The molecule has 7 heteroatoms. The van der Waals surface area contributed by atoms with E-state index >= 15 is 0 Å². The molecule has 0 aliphatic carbocycles. The number of nitrogens with zero attached hydrogens (tertiary/aromatic N) is 3. The molecule has 0 saturated carbocycles. The molecule has 0 aromatic heterocycles. The van der Waals surface area contributed by atoms with E-state index in [0.717, 1.165) is 43.9 Å². The molecule has 1 amide bonds. The summed E-state index contributed by atoms with van der Waals surface area (Å²) in [4.78, 5) is 19.2. The Bertz CT molecular complexity index is 845. The second-order valence-electron chi connectivity index (χ2n) is 7.84. The van der Waals surface area contributed by atoms with E-state index in [4.69, 9.17) is 4.74 Å². The molecule has 2 aromatic rings. The van der Waals surface area contributed by atoms with Crippen LogP contribution < -0.4 is 4.90 Å². The number of rotatable bonds is 4. The summed E-state index contributed by atoms with van der Waals surface area (Å²) in [7, 11) is 0. The SMILES string of the molecule is O=C(CN1CCCN(c2ccc(F)cc2)CC1)N1CCOC(c2ccc(F)cc2)C1. The molecule has 0 spiro atoms. The normalized spacial score (nSPS) is 20.8. The van der Waals surface area contributed by atoms with E-state index in [1.54, 1.807) is 24.3 Å². The number of hydrogen-bond acceptors (Lipinski definition) is 4. The molecule has 0 bridgehead atoms. The van der Waals surface area contributed by atoms with Crippen molar-refractivity contribution < 1.29 is 18.3 Å². The van der Waals surface area contributed by atoms with Gasteiger partial charge in [0.15, 0.2) is 0 Å². The highest BCUT2D eigenvalue weighted by atomic mass is 19.1. The fraction of sp³-hybridized carbons (Fsp3) is 0.435. The van der Waals surface area contributed by atoms with Crippen LogP contribution in [0, 0.1) is 11.6 Å². The topological polar surface area (TPSA) is 36.0 Å². The molecule has 2 aromatic carbocycles. The molecule has 2 fully saturated rings. The lowest BCUT2D eigenvalue weighted by molar-refractivity contribution is -0.140. The lowest BCUT2D eigenvalue weighted by atomic mass is 10.1. The van der Waals surface area contributed by atoms with Gasteiger partial charge in [-0.15, -0.1) is 0 Å². The quantitative estimate of drug-likeness (QED) is 0.769. The Hall–Kier alpha value is -2.51. The van der Waals surface area contributed by atoms with Crippen LogP contribution in [0.25, 0.3) is 0 Å². The third-order valence-corrected chi connectivity index (χ3v) is 5.80. The fourth-order valence-electron chi connectivity index (χ4n) is 4.09. The zero-order valence-electron chi connectivity index (χ0n) is 17.0. The average Bonchev–Trinajstić information content (AvgIpc) is 3.00. The van der Waals surface area contributed by atoms with Crippen molar-refractivity contribution >= 4 is 11.6 Å². The van der Waals surface area contributed by atoms with Crippen LogP contribution >= 0.6 is 0 Å². The zero-order valence-corrected chi connectivity index (χ0v) is 17.0. The molecular formula is C23H27F2N3O2. The van der Waals surface area contributed by atoms with Crippen LogP contribution in [0.3, 0.4) is 0 Å². The average molecular weight is 415 g/mol. The van der Waals surface area contributed by atoms with Gasteiger partial charge in [-0.1, -0.05) is 12.1 Å². The number of halogens is 2. The van der Waals surface area contributed by atoms with E-state index in [9.17, 15) is 13.6 Å². The first-order chi connectivity index (χ1) is 14.6. The minimum Gasteiger partial charge on any atom is -0.370 e. The first-order valence-electron chi connectivity index (χ1n) is 10.5. The Morgan fingerprint density at radius 3 is 2.33 bits per heavy atom. The number of ether oxygens (including phenoxy) is 1. The lowest BCUT2D eigenvalue weighted by Gasteiger charge is -2.34. The van der Waals surface area contributed by atoms with Crippen LogP contribution in [-0.4, -0.2) is 68.1 Å². The Balaban J connectivity index is 1.31. The van der Waals surface area contributed by atoms with Gasteiger partial charge in [0.2, 0.25) is 5.91 Å². The van der Waals surface area contributed by atoms with Crippen molar-refractivity contribution in [1.82, 2.24) is 9.80 Å². The highest BCUT2D eigenvalue weighted by molar-refractivity contribution is 5.78. The summed E-state index contributed by atoms with van der Waals surface area (Å²) >= 11 is 0. The number of carbonyl (C=O) groups excluding carboxylic acids is 1. The molecule has 160 valence electrons. The summed E-state index contributed by atoms with van der Waals surface area (Å²) in [6, 6.07) is 12.8. The Morgan fingerprint density at radius 2 is 1.60 bits per heavy atom. The summed E-state index contributed by atoms with van der Waals surface area (Å²) < 4.78 is 32.2. The fourth-order valence-corrected chi connectivity index (χ4v) is 4.09. The lowest BCUT2D eigenvalue weighted by Crippen LogP contribution is -2.47. The van der Waals surface area contributed by atoms with Gasteiger partial charge in [-0.2, -0.15) is 0 Å². The standard InChI is InChI=1S/C23H27F2N3O2/c24-19-4-2-18(3-5-19)22-16-28(14-15-30-22)23(29)17-26-10-1-11-27(13-12-26)21-8-6-20(25)7-9-21/h2-9,22H,1,10-17H2. The van der Waals surface area contributed by atoms with Crippen molar-refractivity contribution in [3.05, 3.63) is 65.7 Å². The second kappa shape index (κ2) is 9.53. The predicted molar refractivity (Wildman–Crippen MR) is 111 cm³/mol. The maximum absolute atomic E-state index is 13.2. The number of morpholine rings is 1. The molecular weight excluding hydrogens is 388 g/mol. The molecule has 1 unspecified atom stereocenters. The van der Waals surface area contributed by atoms with Gasteiger partial charge in [0.1, 0.15) is 17.7 Å². The number of anilines is 1. The van der Waals surface area contributed by atoms with Gasteiger partial charge in [0, 0.05) is 38.4 Å². The monoisotopic (exact) mass is 415 g/mol. The van der Waals surface area contributed by atoms with Crippen LogP contribution in [0.1, 0.15) is 18.1 Å². The molecule has 2 saturated heterocycles. The molecule has 0 N–H and O–H groups in total. The van der Waals surface area contributed by atoms with Gasteiger partial charge in [-0.25, -0.2) is 8.78 Å². The van der Waals surface area contributed by atoms with Crippen LogP contribution in [0.2, 0.25) is 0 Å². The molecule has 2 aliphatic heterocycles. The van der Waals surface area contributed by atoms with E-state index in [2.05, 4.69) is 9.80 Å². The van der Waals surface area contributed by atoms with E-state index in [-0.39, 0.29) is 23.6 Å². The van der Waals surface area contributed by atoms with Crippen LogP contribution in [0.5, 0.6) is 0 Å². The first-order valence-corrected chi connectivity index (χ1v) is 10.5. The van der Waals surface area contributed by atoms with Gasteiger partial charge in [0.05, 0.1) is 19.7 Å². The molecule has 2 heterocycles. The maximum Gasteiger partial charge on any atom is 0.236 e. The third-order valence-electron chi connectivity index (χ3n) is 5.80. The highest BCUT2D eigenvalue weighted by Gasteiger charge is 2.27. The molecule has 30 heavy (non-hydrogen) atoms. The van der Waals surface area contributed by atoms with Crippen molar-refractivity contribution in [3.63, 3.8) is 0 Å². The summed E-state index contributed by atoms with van der Waals surface area (Å²) in [6.07, 6.45) is 0.729. The second-order valence-corrected chi connectivity index (χ2v) is 7.84. The van der Waals surface area contributed by atoms with Gasteiger partial charge in [-0.05, 0) is 48.4 Å². The van der Waals surface area contributed by atoms with Crippen molar-refractivity contribution in [2.75, 3.05) is 57.3 Å². The molecule has 5 nitrogen and oxygen atoms in total. The summed E-state index contributed by atoms with van der Waals surface area (Å²) in [5.74, 6) is -0.413. The van der Waals surface area contributed by atoms with Gasteiger partial charge >= 0.3 is 0 Å². The summed E-state index contributed by atoms with van der Waals surface area (Å²) in [6.45, 7) is 5.26. The van der Waals surface area contributed by atoms with Gasteiger partial charge in [0.25, 0.3) is 0 Å². The molecule has 4 rings (SSSR count). The Morgan fingerprint density at radius 1 is 0.900 bits per heavy atom. The first kappa shape index (κ1) is 20.8. The van der Waals surface area contributed by atoms with Crippen LogP contribution in [0.15, 0.2) is 48.5 Å². The van der Waals surface area contributed by atoms with E-state index in [0.29, 0.717) is 26.2 Å². The predicted octanol–water partition coefficient (Wildman–Crippen LogP) is 3.08. The summed E-state index contributed by atoms with van der Waals surface area (Å²) in [5, 5.41) is 0. The van der Waals surface area contributed by atoms with Crippen molar-refractivity contribution in [3.8, 4) is 0 Å². The van der Waals surface area contributed by atoms with Crippen LogP contribution in [-0.2, 0) is 9.53 Å². The maximum atomic E-state index is 13.2. The van der Waals surface area contributed by atoms with E-state index < -0.39 is 0 Å². The van der Waals surface area contributed by atoms with Crippen molar-refractivity contribution in [1.29, 1.82) is 0 Å². The van der Waals surface area contributed by atoms with Gasteiger partial charge < -0.3 is 14.5 Å². The molecule has 0 radical (unpaired) electrons. The number of carbonyl (C=O) groups is 1. The zero-order chi connectivity index (χ0) is 20.9. The Labute approximate surface area is 175 Å². The smallest absolute Gasteiger partial charge is 0.236 e. The van der Waals surface area contributed by atoms with Crippen LogP contribution in [0.4, 0.5) is 14.5 Å². The van der Waals surface area contributed by atoms with E-state index in [1.807, 2.05) is 4.90 Å². The number of benzene rings is 2. The largest absolute Gasteiger partial charge is 0.370 e. The van der Waals surface area contributed by atoms with Crippen molar-refractivity contribution in [2.24, 2.45) is 0 Å². The van der Waals surface area contributed by atoms with Gasteiger partial charge in [-0.3, -0.25) is 9.69 Å². The number of amides is 1. The third kappa shape index (κ3) is 5.15. The minimum atomic E-state index is -0.279. The number of hydrogen-bond donors (Lipinski definition) is 0. The summed E-state index contributed by atoms with van der Waals surface area (Å²) in [5.41, 5.74) is 1.90. The molecule has 1 atom stereocenters.